The average Bonchev–Trinajstić information content (AvgIpc) is 3.10. The molecule has 0 saturated carbocycles. The molecule has 30 heavy (non-hydrogen) atoms. The Kier molecular flexibility index (Phi) is 7.07. The molecule has 0 saturated heterocycles. The maximum atomic E-state index is 12.5. The number of esters is 1. The SMILES string of the molecule is Cc1ccccc1NC(=O)C(C)OC(=O)c1sc(COc2ccc(Cl)cc2)nc1C. The summed E-state index contributed by atoms with van der Waals surface area (Å²) < 4.78 is 11.0. The molecule has 0 aliphatic rings. The quantitative estimate of drug-likeness (QED) is 0.508. The third kappa shape index (κ3) is 5.58. The fourth-order valence-corrected chi connectivity index (χ4v) is 3.58. The van der Waals surface area contributed by atoms with Crippen molar-refractivity contribution < 1.29 is 19.1 Å². The third-order valence-corrected chi connectivity index (χ3v) is 5.62. The number of carbonyl (C=O) groups is 2. The van der Waals surface area contributed by atoms with Crippen LogP contribution in [0.4, 0.5) is 5.69 Å². The van der Waals surface area contributed by atoms with E-state index in [1.165, 1.54) is 18.3 Å². The van der Waals surface area contributed by atoms with Gasteiger partial charge in [0.15, 0.2) is 6.10 Å². The Balaban J connectivity index is 1.58. The molecule has 1 aromatic heterocycles. The number of amides is 1. The van der Waals surface area contributed by atoms with Gasteiger partial charge in [-0.25, -0.2) is 9.78 Å². The van der Waals surface area contributed by atoms with Crippen LogP contribution in [0, 0.1) is 13.8 Å². The molecule has 0 spiro atoms. The Hall–Kier alpha value is -2.90. The summed E-state index contributed by atoms with van der Waals surface area (Å²) in [4.78, 5) is 29.6. The van der Waals surface area contributed by atoms with Crippen molar-refractivity contribution in [2.24, 2.45) is 0 Å². The van der Waals surface area contributed by atoms with E-state index in [0.717, 1.165) is 5.56 Å². The number of para-hydroxylation sites is 1. The average molecular weight is 445 g/mol. The number of hydrogen-bond acceptors (Lipinski definition) is 6. The van der Waals surface area contributed by atoms with Gasteiger partial charge in [0.25, 0.3) is 5.91 Å². The Morgan fingerprint density at radius 1 is 1.13 bits per heavy atom. The van der Waals surface area contributed by atoms with Crippen molar-refractivity contribution in [1.82, 2.24) is 4.98 Å². The van der Waals surface area contributed by atoms with Gasteiger partial charge in [-0.05, 0) is 56.7 Å². The first-order chi connectivity index (χ1) is 14.3. The van der Waals surface area contributed by atoms with E-state index in [1.54, 1.807) is 37.3 Å². The molecular weight excluding hydrogens is 424 g/mol. The monoisotopic (exact) mass is 444 g/mol. The number of hydrogen-bond donors (Lipinski definition) is 1. The van der Waals surface area contributed by atoms with Gasteiger partial charge in [-0.3, -0.25) is 4.79 Å². The zero-order chi connectivity index (χ0) is 21.7. The molecule has 1 N–H and O–H groups in total. The van der Waals surface area contributed by atoms with Gasteiger partial charge in [0.2, 0.25) is 0 Å². The lowest BCUT2D eigenvalue weighted by Crippen LogP contribution is -2.30. The van der Waals surface area contributed by atoms with Crippen LogP contribution in [0.3, 0.4) is 0 Å². The zero-order valence-electron chi connectivity index (χ0n) is 16.8. The number of ether oxygens (including phenoxy) is 2. The second kappa shape index (κ2) is 9.73. The summed E-state index contributed by atoms with van der Waals surface area (Å²) in [5.74, 6) is -0.334. The van der Waals surface area contributed by atoms with Gasteiger partial charge in [-0.15, -0.1) is 11.3 Å². The fraction of sp³-hybridized carbons (Fsp3) is 0.227. The van der Waals surface area contributed by atoms with Crippen LogP contribution in [0.2, 0.25) is 5.02 Å². The van der Waals surface area contributed by atoms with Crippen LogP contribution >= 0.6 is 22.9 Å². The minimum atomic E-state index is -0.952. The largest absolute Gasteiger partial charge is 0.486 e. The van der Waals surface area contributed by atoms with Crippen LogP contribution in [0.5, 0.6) is 5.75 Å². The van der Waals surface area contributed by atoms with E-state index in [0.29, 0.717) is 32.0 Å². The van der Waals surface area contributed by atoms with Crippen LogP contribution in [0.15, 0.2) is 48.5 Å². The molecule has 3 aromatic rings. The van der Waals surface area contributed by atoms with E-state index in [9.17, 15) is 9.59 Å². The first-order valence-corrected chi connectivity index (χ1v) is 10.4. The van der Waals surface area contributed by atoms with Crippen molar-refractivity contribution in [2.75, 3.05) is 5.32 Å². The molecule has 8 heteroatoms. The maximum Gasteiger partial charge on any atom is 0.351 e. The van der Waals surface area contributed by atoms with Crippen LogP contribution in [-0.2, 0) is 16.1 Å². The van der Waals surface area contributed by atoms with E-state index in [1.807, 2.05) is 25.1 Å². The van der Waals surface area contributed by atoms with Crippen molar-refractivity contribution in [3.05, 3.63) is 74.7 Å². The minimum Gasteiger partial charge on any atom is -0.486 e. The first-order valence-electron chi connectivity index (χ1n) is 9.25. The fourth-order valence-electron chi connectivity index (χ4n) is 2.59. The molecule has 0 fully saturated rings. The predicted octanol–water partition coefficient (Wildman–Crippen LogP) is 5.18. The summed E-state index contributed by atoms with van der Waals surface area (Å²) in [5.41, 5.74) is 2.14. The Morgan fingerprint density at radius 3 is 2.53 bits per heavy atom. The van der Waals surface area contributed by atoms with Gasteiger partial charge in [0.05, 0.1) is 5.69 Å². The third-order valence-electron chi connectivity index (χ3n) is 4.26. The number of aromatic nitrogens is 1. The van der Waals surface area contributed by atoms with E-state index in [2.05, 4.69) is 10.3 Å². The molecule has 0 bridgehead atoms. The van der Waals surface area contributed by atoms with Gasteiger partial charge in [-0.1, -0.05) is 29.8 Å². The lowest BCUT2D eigenvalue weighted by Gasteiger charge is -2.14. The first kappa shape index (κ1) is 21.8. The highest BCUT2D eigenvalue weighted by Crippen LogP contribution is 2.23. The van der Waals surface area contributed by atoms with Crippen LogP contribution < -0.4 is 10.1 Å². The number of rotatable bonds is 7. The zero-order valence-corrected chi connectivity index (χ0v) is 18.3. The number of benzene rings is 2. The minimum absolute atomic E-state index is 0.212. The topological polar surface area (TPSA) is 77.5 Å². The molecule has 0 aliphatic carbocycles. The van der Waals surface area contributed by atoms with Crippen molar-refractivity contribution in [1.29, 1.82) is 0 Å². The number of carbonyl (C=O) groups excluding carboxylic acids is 2. The summed E-state index contributed by atoms with van der Waals surface area (Å²) in [6, 6.07) is 14.4. The van der Waals surface area contributed by atoms with Crippen molar-refractivity contribution in [3.63, 3.8) is 0 Å². The van der Waals surface area contributed by atoms with Gasteiger partial charge >= 0.3 is 5.97 Å². The Bertz CT molecular complexity index is 1050. The molecule has 1 unspecified atom stereocenters. The van der Waals surface area contributed by atoms with Crippen LogP contribution in [0.25, 0.3) is 0 Å². The highest BCUT2D eigenvalue weighted by atomic mass is 35.5. The molecule has 0 radical (unpaired) electrons. The summed E-state index contributed by atoms with van der Waals surface area (Å²) in [5, 5.41) is 4.03. The molecular formula is C22H21ClN2O4S. The summed E-state index contributed by atoms with van der Waals surface area (Å²) in [6.07, 6.45) is -0.952. The highest BCUT2D eigenvalue weighted by molar-refractivity contribution is 7.13. The van der Waals surface area contributed by atoms with Crippen molar-refractivity contribution in [2.45, 2.75) is 33.5 Å². The Morgan fingerprint density at radius 2 is 1.83 bits per heavy atom. The number of halogens is 1. The highest BCUT2D eigenvalue weighted by Gasteiger charge is 2.23. The molecule has 0 aliphatic heterocycles. The predicted molar refractivity (Wildman–Crippen MR) is 117 cm³/mol. The maximum absolute atomic E-state index is 12.5. The molecule has 1 amide bonds. The van der Waals surface area contributed by atoms with E-state index < -0.39 is 18.0 Å². The van der Waals surface area contributed by atoms with E-state index in [-0.39, 0.29) is 6.61 Å². The van der Waals surface area contributed by atoms with Gasteiger partial charge in [-0.2, -0.15) is 0 Å². The van der Waals surface area contributed by atoms with E-state index in [4.69, 9.17) is 21.1 Å². The standard InChI is InChI=1S/C22H21ClN2O4S/c1-13-6-4-5-7-18(13)25-21(26)15(3)29-22(27)20-14(2)24-19(30-20)12-28-17-10-8-16(23)9-11-17/h4-11,15H,12H2,1-3H3,(H,25,26). The summed E-state index contributed by atoms with van der Waals surface area (Å²) >= 11 is 7.04. The number of aryl methyl sites for hydroxylation is 2. The lowest BCUT2D eigenvalue weighted by molar-refractivity contribution is -0.123. The molecule has 6 nitrogen and oxygen atoms in total. The number of anilines is 1. The van der Waals surface area contributed by atoms with Gasteiger partial charge in [0, 0.05) is 10.7 Å². The summed E-state index contributed by atoms with van der Waals surface area (Å²) in [6.45, 7) is 5.35. The Labute approximate surface area is 183 Å². The van der Waals surface area contributed by atoms with Crippen molar-refractivity contribution >= 4 is 40.5 Å². The molecule has 156 valence electrons. The lowest BCUT2D eigenvalue weighted by atomic mass is 10.2. The van der Waals surface area contributed by atoms with Crippen LogP contribution in [-0.4, -0.2) is 23.0 Å². The molecule has 2 aromatic carbocycles. The van der Waals surface area contributed by atoms with Crippen LogP contribution in [0.1, 0.15) is 32.9 Å². The van der Waals surface area contributed by atoms with Crippen molar-refractivity contribution in [3.8, 4) is 5.75 Å². The second-order valence-electron chi connectivity index (χ2n) is 6.62. The number of thiazole rings is 1. The van der Waals surface area contributed by atoms with Gasteiger partial charge < -0.3 is 14.8 Å². The summed E-state index contributed by atoms with van der Waals surface area (Å²) in [7, 11) is 0. The van der Waals surface area contributed by atoms with Gasteiger partial charge in [0.1, 0.15) is 22.2 Å². The van der Waals surface area contributed by atoms with E-state index >= 15 is 0 Å². The smallest absolute Gasteiger partial charge is 0.351 e. The number of nitrogens with one attached hydrogen (secondary N) is 1. The molecule has 3 rings (SSSR count). The molecule has 1 atom stereocenters. The molecule has 1 heterocycles. The second-order valence-corrected chi connectivity index (χ2v) is 8.14. The normalized spacial score (nSPS) is 11.6. The number of nitrogens with zero attached hydrogens (tertiary/aromatic N) is 1.